The first-order valence-electron chi connectivity index (χ1n) is 6.15. The Labute approximate surface area is 108 Å². The average molecular weight is 251 g/mol. The Bertz CT molecular complexity index is 384. The Morgan fingerprint density at radius 3 is 2.56 bits per heavy atom. The zero-order valence-corrected chi connectivity index (χ0v) is 11.2. The minimum atomic E-state index is -0.787. The van der Waals surface area contributed by atoms with Crippen LogP contribution in [0.1, 0.15) is 24.5 Å². The third-order valence-corrected chi connectivity index (χ3v) is 2.72. The van der Waals surface area contributed by atoms with Crippen molar-refractivity contribution in [3.63, 3.8) is 0 Å². The molecule has 4 nitrogen and oxygen atoms in total. The molecule has 2 N–H and O–H groups in total. The van der Waals surface area contributed by atoms with E-state index < -0.39 is 5.97 Å². The van der Waals surface area contributed by atoms with Crippen molar-refractivity contribution < 1.29 is 14.6 Å². The van der Waals surface area contributed by atoms with Crippen LogP contribution >= 0.6 is 0 Å². The van der Waals surface area contributed by atoms with E-state index in [4.69, 9.17) is 9.84 Å². The van der Waals surface area contributed by atoms with Crippen LogP contribution < -0.4 is 10.1 Å². The summed E-state index contributed by atoms with van der Waals surface area (Å²) in [7, 11) is 0. The highest BCUT2D eigenvalue weighted by Gasteiger charge is 2.07. The fraction of sp³-hybridized carbons (Fsp3) is 0.500. The Morgan fingerprint density at radius 1 is 1.39 bits per heavy atom. The number of carboxylic acid groups (broad SMARTS) is 1. The third kappa shape index (κ3) is 4.75. The highest BCUT2D eigenvalue weighted by Crippen LogP contribution is 2.22. The number of ether oxygens (including phenoxy) is 1. The number of nitrogens with one attached hydrogen (secondary N) is 1. The summed E-state index contributed by atoms with van der Waals surface area (Å²) in [5, 5.41) is 11.7. The number of para-hydroxylation sites is 1. The molecule has 0 saturated heterocycles. The van der Waals surface area contributed by atoms with Crippen LogP contribution in [0.15, 0.2) is 18.2 Å². The molecule has 18 heavy (non-hydrogen) atoms. The van der Waals surface area contributed by atoms with Crippen LogP contribution in [-0.4, -0.2) is 30.3 Å². The number of aliphatic carboxylic acids is 1. The first-order valence-corrected chi connectivity index (χ1v) is 6.15. The summed E-state index contributed by atoms with van der Waals surface area (Å²) >= 11 is 0. The monoisotopic (exact) mass is 251 g/mol. The summed E-state index contributed by atoms with van der Waals surface area (Å²) in [4.78, 5) is 10.4. The van der Waals surface area contributed by atoms with Gasteiger partial charge in [0.25, 0.3) is 0 Å². The van der Waals surface area contributed by atoms with Gasteiger partial charge in [0.2, 0.25) is 0 Å². The first-order chi connectivity index (χ1) is 8.50. The van der Waals surface area contributed by atoms with E-state index in [-0.39, 0.29) is 12.5 Å². The standard InChI is InChI=1S/C14H21NO3/c1-10-5-4-6-11(2)14(10)18-9-12(3)15-8-7-13(16)17/h4-6,12,15H,7-9H2,1-3H3,(H,16,17). The van der Waals surface area contributed by atoms with E-state index in [2.05, 4.69) is 5.32 Å². The van der Waals surface area contributed by atoms with Crippen LogP contribution in [0.25, 0.3) is 0 Å². The Hall–Kier alpha value is -1.55. The van der Waals surface area contributed by atoms with Gasteiger partial charge in [-0.15, -0.1) is 0 Å². The Morgan fingerprint density at radius 2 is 2.00 bits per heavy atom. The molecule has 0 aliphatic carbocycles. The highest BCUT2D eigenvalue weighted by molar-refractivity contribution is 5.66. The van der Waals surface area contributed by atoms with Crippen molar-refractivity contribution >= 4 is 5.97 Å². The van der Waals surface area contributed by atoms with Gasteiger partial charge in [0.1, 0.15) is 12.4 Å². The number of rotatable bonds is 7. The van der Waals surface area contributed by atoms with Crippen LogP contribution in [0.2, 0.25) is 0 Å². The molecule has 0 fully saturated rings. The molecule has 1 unspecified atom stereocenters. The van der Waals surface area contributed by atoms with Gasteiger partial charge in [-0.25, -0.2) is 0 Å². The summed E-state index contributed by atoms with van der Waals surface area (Å²) in [6, 6.07) is 6.17. The van der Waals surface area contributed by atoms with Crippen LogP contribution in [0.4, 0.5) is 0 Å². The molecule has 1 aromatic carbocycles. The quantitative estimate of drug-likeness (QED) is 0.779. The van der Waals surface area contributed by atoms with Gasteiger partial charge in [0.15, 0.2) is 0 Å². The smallest absolute Gasteiger partial charge is 0.304 e. The zero-order valence-electron chi connectivity index (χ0n) is 11.2. The molecule has 0 aliphatic heterocycles. The third-order valence-electron chi connectivity index (χ3n) is 2.72. The van der Waals surface area contributed by atoms with E-state index in [1.165, 1.54) is 0 Å². The zero-order chi connectivity index (χ0) is 13.5. The summed E-state index contributed by atoms with van der Waals surface area (Å²) in [6.45, 7) is 7.02. The van der Waals surface area contributed by atoms with Crippen molar-refractivity contribution in [1.82, 2.24) is 5.32 Å². The molecule has 1 rings (SSSR count). The molecule has 0 bridgehead atoms. The normalized spacial score (nSPS) is 12.2. The van der Waals surface area contributed by atoms with Crippen LogP contribution in [0.5, 0.6) is 5.75 Å². The van der Waals surface area contributed by atoms with Crippen molar-refractivity contribution in [1.29, 1.82) is 0 Å². The molecule has 4 heteroatoms. The molecule has 0 spiro atoms. The minimum Gasteiger partial charge on any atom is -0.491 e. The van der Waals surface area contributed by atoms with Crippen molar-refractivity contribution in [2.75, 3.05) is 13.2 Å². The average Bonchev–Trinajstić information content (AvgIpc) is 2.27. The molecule has 0 aromatic heterocycles. The molecule has 100 valence electrons. The predicted octanol–water partition coefficient (Wildman–Crippen LogP) is 2.14. The van der Waals surface area contributed by atoms with Gasteiger partial charge >= 0.3 is 5.97 Å². The maximum atomic E-state index is 10.4. The van der Waals surface area contributed by atoms with E-state index >= 15 is 0 Å². The largest absolute Gasteiger partial charge is 0.491 e. The van der Waals surface area contributed by atoms with Gasteiger partial charge < -0.3 is 15.2 Å². The molecule has 0 heterocycles. The van der Waals surface area contributed by atoms with Gasteiger partial charge in [0.05, 0.1) is 6.42 Å². The van der Waals surface area contributed by atoms with Crippen molar-refractivity contribution in [3.8, 4) is 5.75 Å². The number of carbonyl (C=O) groups is 1. The highest BCUT2D eigenvalue weighted by atomic mass is 16.5. The SMILES string of the molecule is Cc1cccc(C)c1OCC(C)NCCC(=O)O. The topological polar surface area (TPSA) is 58.6 Å². The Kier molecular flexibility index (Phi) is 5.65. The molecule has 1 atom stereocenters. The number of hydrogen-bond acceptors (Lipinski definition) is 3. The van der Waals surface area contributed by atoms with Gasteiger partial charge in [-0.05, 0) is 31.9 Å². The lowest BCUT2D eigenvalue weighted by Crippen LogP contribution is -2.33. The molecule has 0 amide bonds. The van der Waals surface area contributed by atoms with Crippen LogP contribution in [0.3, 0.4) is 0 Å². The molecular weight excluding hydrogens is 230 g/mol. The maximum absolute atomic E-state index is 10.4. The van der Waals surface area contributed by atoms with Crippen molar-refractivity contribution in [2.45, 2.75) is 33.2 Å². The number of hydrogen-bond donors (Lipinski definition) is 2. The van der Waals surface area contributed by atoms with Gasteiger partial charge in [-0.2, -0.15) is 0 Å². The van der Waals surface area contributed by atoms with Gasteiger partial charge in [-0.1, -0.05) is 18.2 Å². The predicted molar refractivity (Wildman–Crippen MR) is 71.1 cm³/mol. The fourth-order valence-electron chi connectivity index (χ4n) is 1.72. The van der Waals surface area contributed by atoms with Crippen LogP contribution in [0, 0.1) is 13.8 Å². The molecule has 0 radical (unpaired) electrons. The second-order valence-corrected chi connectivity index (χ2v) is 4.53. The molecular formula is C14H21NO3. The lowest BCUT2D eigenvalue weighted by Gasteiger charge is -2.17. The summed E-state index contributed by atoms with van der Waals surface area (Å²) in [5.74, 6) is 0.134. The lowest BCUT2D eigenvalue weighted by molar-refractivity contribution is -0.136. The van der Waals surface area contributed by atoms with E-state index in [1.807, 2.05) is 39.0 Å². The molecule has 1 aromatic rings. The Balaban J connectivity index is 2.38. The summed E-state index contributed by atoms with van der Waals surface area (Å²) in [6.07, 6.45) is 0.133. The minimum absolute atomic E-state index is 0.128. The van der Waals surface area contributed by atoms with E-state index in [1.54, 1.807) is 0 Å². The fourth-order valence-corrected chi connectivity index (χ4v) is 1.72. The lowest BCUT2D eigenvalue weighted by atomic mass is 10.1. The van der Waals surface area contributed by atoms with Gasteiger partial charge in [0, 0.05) is 12.6 Å². The molecule has 0 aliphatic rings. The van der Waals surface area contributed by atoms with E-state index in [9.17, 15) is 4.79 Å². The summed E-state index contributed by atoms with van der Waals surface area (Å²) < 4.78 is 5.78. The maximum Gasteiger partial charge on any atom is 0.304 e. The van der Waals surface area contributed by atoms with E-state index in [0.717, 1.165) is 16.9 Å². The number of carboxylic acids is 1. The second-order valence-electron chi connectivity index (χ2n) is 4.53. The van der Waals surface area contributed by atoms with Gasteiger partial charge in [-0.3, -0.25) is 4.79 Å². The summed E-state index contributed by atoms with van der Waals surface area (Å²) in [5.41, 5.74) is 2.24. The van der Waals surface area contributed by atoms with E-state index in [0.29, 0.717) is 13.2 Å². The first kappa shape index (κ1) is 14.5. The van der Waals surface area contributed by atoms with Crippen molar-refractivity contribution in [2.24, 2.45) is 0 Å². The number of aryl methyl sites for hydroxylation is 2. The van der Waals surface area contributed by atoms with Crippen molar-refractivity contribution in [3.05, 3.63) is 29.3 Å². The second kappa shape index (κ2) is 7.01. The van der Waals surface area contributed by atoms with Crippen LogP contribution in [-0.2, 0) is 4.79 Å². The molecule has 0 saturated carbocycles. The number of benzene rings is 1.